The number of hydrogen-bond donors (Lipinski definition) is 0. The van der Waals surface area contributed by atoms with Crippen molar-refractivity contribution in [2.75, 3.05) is 0 Å². The second kappa shape index (κ2) is 8.39. The number of fused-ring (bicyclic) bond motifs is 10. The van der Waals surface area contributed by atoms with Crippen LogP contribution in [0.2, 0.25) is 0 Å². The molecule has 0 radical (unpaired) electrons. The molecular weight excluding hydrogens is 545 g/mol. The van der Waals surface area contributed by atoms with E-state index in [0.717, 1.165) is 0 Å². The summed E-state index contributed by atoms with van der Waals surface area (Å²) in [6, 6.07) is 49.4. The molecule has 0 saturated carbocycles. The molecule has 10 aromatic rings. The fraction of sp³-hybridized carbons (Fsp3) is 0. The monoisotopic (exact) mass is 566 g/mol. The van der Waals surface area contributed by atoms with Crippen molar-refractivity contribution in [1.29, 1.82) is 0 Å². The van der Waals surface area contributed by atoms with Gasteiger partial charge in [0.05, 0.1) is 0 Å². The quantitative estimate of drug-likeness (QED) is 0.183. The summed E-state index contributed by atoms with van der Waals surface area (Å²) in [5, 5.41) is 13.8. The van der Waals surface area contributed by atoms with Gasteiger partial charge in [0, 0.05) is 56.5 Å². The maximum Gasteiger partial charge on any atom is 0.0446 e. The van der Waals surface area contributed by atoms with Crippen LogP contribution in [0.1, 0.15) is 0 Å². The van der Waals surface area contributed by atoms with Crippen LogP contribution in [0, 0.1) is 0 Å². The summed E-state index contributed by atoms with van der Waals surface area (Å²) >= 11 is 3.89. The van der Waals surface area contributed by atoms with Gasteiger partial charge in [0.1, 0.15) is 0 Å². The Hall–Kier alpha value is -4.76. The largest absolute Gasteiger partial charge is 0.134 e. The third kappa shape index (κ3) is 2.91. The third-order valence-electron chi connectivity index (χ3n) is 9.00. The Balaban J connectivity index is 1.62. The highest BCUT2D eigenvalue weighted by molar-refractivity contribution is 7.28. The molecule has 194 valence electrons. The molecule has 8 aromatic carbocycles. The summed E-state index contributed by atoms with van der Waals surface area (Å²) < 4.78 is 5.47. The Kier molecular flexibility index (Phi) is 4.57. The molecule has 0 nitrogen and oxygen atoms in total. The van der Waals surface area contributed by atoms with Crippen molar-refractivity contribution >= 4 is 95.3 Å². The second-order valence-electron chi connectivity index (χ2n) is 11.2. The van der Waals surface area contributed by atoms with Crippen molar-refractivity contribution < 1.29 is 0 Å². The summed E-state index contributed by atoms with van der Waals surface area (Å²) in [6.07, 6.45) is 0. The zero-order chi connectivity index (χ0) is 27.4. The Morgan fingerprint density at radius 3 is 1.24 bits per heavy atom. The zero-order valence-corrected chi connectivity index (χ0v) is 24.2. The molecule has 0 fully saturated rings. The summed E-state index contributed by atoms with van der Waals surface area (Å²) in [7, 11) is 0. The third-order valence-corrected chi connectivity index (χ3v) is 11.4. The van der Waals surface area contributed by atoms with E-state index in [2.05, 4.69) is 133 Å². The number of thiophene rings is 2. The van der Waals surface area contributed by atoms with Crippen LogP contribution in [-0.2, 0) is 0 Å². The molecule has 0 aliphatic heterocycles. The van der Waals surface area contributed by atoms with Gasteiger partial charge in [-0.2, -0.15) is 0 Å². The molecule has 2 aromatic heterocycles. The highest BCUT2D eigenvalue weighted by atomic mass is 32.1. The van der Waals surface area contributed by atoms with Gasteiger partial charge in [0.25, 0.3) is 0 Å². The maximum atomic E-state index is 2.49. The molecule has 0 unspecified atom stereocenters. The van der Waals surface area contributed by atoms with Crippen LogP contribution in [0.25, 0.3) is 94.9 Å². The van der Waals surface area contributed by atoms with Gasteiger partial charge in [-0.15, -0.1) is 22.7 Å². The van der Waals surface area contributed by atoms with Crippen molar-refractivity contribution in [2.45, 2.75) is 0 Å². The minimum atomic E-state index is 1.26. The van der Waals surface area contributed by atoms with Crippen molar-refractivity contribution in [1.82, 2.24) is 0 Å². The lowest BCUT2D eigenvalue weighted by Crippen LogP contribution is -1.92. The Bertz CT molecular complexity index is 2480. The lowest BCUT2D eigenvalue weighted by molar-refractivity contribution is 1.65. The molecule has 0 spiro atoms. The highest BCUT2D eigenvalue weighted by Gasteiger charge is 2.26. The SMILES string of the molecule is c1ccc(-c2cc(-c3ccccc3)c3c4sc5ccccc5c4c4cccc5c6c7ccccc7sc6c2c3c54)cc1. The van der Waals surface area contributed by atoms with Gasteiger partial charge in [-0.1, -0.05) is 115 Å². The standard InChI is InChI=1S/C40H22S2/c1-3-12-23(13-4-1)29-22-30(24-14-5-2-6-15-24)37-38-33-27(34-25-16-7-9-20-31(25)41-39(34)36(29)38)18-11-19-28(33)35-26-17-8-10-21-32(26)42-40(35)37/h1-22H. The second-order valence-corrected chi connectivity index (χ2v) is 13.3. The first-order valence-electron chi connectivity index (χ1n) is 14.4. The van der Waals surface area contributed by atoms with Crippen molar-refractivity contribution in [3.05, 3.63) is 133 Å². The fourth-order valence-corrected chi connectivity index (χ4v) is 9.88. The van der Waals surface area contributed by atoms with Gasteiger partial charge in [-0.3, -0.25) is 0 Å². The Morgan fingerprint density at radius 1 is 0.310 bits per heavy atom. The molecule has 0 amide bonds. The zero-order valence-electron chi connectivity index (χ0n) is 22.5. The molecular formula is C40H22S2. The van der Waals surface area contributed by atoms with Crippen LogP contribution in [0.3, 0.4) is 0 Å². The van der Waals surface area contributed by atoms with Crippen LogP contribution in [0.15, 0.2) is 133 Å². The molecule has 42 heavy (non-hydrogen) atoms. The van der Waals surface area contributed by atoms with Gasteiger partial charge in [-0.25, -0.2) is 0 Å². The lowest BCUT2D eigenvalue weighted by Gasteiger charge is -2.20. The predicted molar refractivity (Wildman–Crippen MR) is 187 cm³/mol. The molecule has 10 rings (SSSR count). The van der Waals surface area contributed by atoms with E-state index in [9.17, 15) is 0 Å². The Morgan fingerprint density at radius 2 is 0.738 bits per heavy atom. The van der Waals surface area contributed by atoms with E-state index in [1.165, 1.54) is 94.9 Å². The normalized spacial score (nSPS) is 12.3. The lowest BCUT2D eigenvalue weighted by atomic mass is 9.83. The minimum absolute atomic E-state index is 1.26. The molecule has 0 N–H and O–H groups in total. The van der Waals surface area contributed by atoms with Crippen molar-refractivity contribution in [3.63, 3.8) is 0 Å². The molecule has 0 bridgehead atoms. The molecule has 2 heteroatoms. The smallest absolute Gasteiger partial charge is 0.0446 e. The summed E-state index contributed by atoms with van der Waals surface area (Å²) in [5.74, 6) is 0. The van der Waals surface area contributed by atoms with Gasteiger partial charge >= 0.3 is 0 Å². The summed E-state index contributed by atoms with van der Waals surface area (Å²) in [5.41, 5.74) is 5.15. The van der Waals surface area contributed by atoms with E-state index in [1.54, 1.807) is 0 Å². The minimum Gasteiger partial charge on any atom is -0.134 e. The average Bonchev–Trinajstić information content (AvgIpc) is 3.64. The van der Waals surface area contributed by atoms with Crippen LogP contribution >= 0.6 is 22.7 Å². The predicted octanol–water partition coefficient (Wildman–Crippen LogP) is 12.7. The number of rotatable bonds is 2. The number of hydrogen-bond acceptors (Lipinski definition) is 2. The average molecular weight is 567 g/mol. The van der Waals surface area contributed by atoms with E-state index in [4.69, 9.17) is 0 Å². The first-order valence-corrected chi connectivity index (χ1v) is 16.0. The first kappa shape index (κ1) is 22.9. The van der Waals surface area contributed by atoms with Crippen LogP contribution in [0.4, 0.5) is 0 Å². The van der Waals surface area contributed by atoms with Crippen LogP contribution in [0.5, 0.6) is 0 Å². The van der Waals surface area contributed by atoms with E-state index in [-0.39, 0.29) is 0 Å². The molecule has 0 saturated heterocycles. The topological polar surface area (TPSA) is 0 Å². The van der Waals surface area contributed by atoms with Crippen molar-refractivity contribution in [2.24, 2.45) is 0 Å². The van der Waals surface area contributed by atoms with E-state index >= 15 is 0 Å². The Labute approximate surface area is 250 Å². The van der Waals surface area contributed by atoms with Gasteiger partial charge in [0.2, 0.25) is 0 Å². The summed E-state index contributed by atoms with van der Waals surface area (Å²) in [4.78, 5) is 0. The van der Waals surface area contributed by atoms with E-state index < -0.39 is 0 Å². The van der Waals surface area contributed by atoms with Crippen LogP contribution < -0.4 is 0 Å². The van der Waals surface area contributed by atoms with Crippen LogP contribution in [-0.4, -0.2) is 0 Å². The van der Waals surface area contributed by atoms with E-state index in [1.807, 2.05) is 22.7 Å². The number of benzene rings is 8. The molecule has 0 atom stereocenters. The van der Waals surface area contributed by atoms with Gasteiger partial charge in [0.15, 0.2) is 0 Å². The fourth-order valence-electron chi connectivity index (χ4n) is 7.31. The first-order chi connectivity index (χ1) is 20.9. The van der Waals surface area contributed by atoms with Gasteiger partial charge in [-0.05, 0) is 56.6 Å². The highest BCUT2D eigenvalue weighted by Crippen LogP contribution is 2.55. The van der Waals surface area contributed by atoms with Gasteiger partial charge < -0.3 is 0 Å². The van der Waals surface area contributed by atoms with Crippen molar-refractivity contribution in [3.8, 4) is 22.3 Å². The molecule has 0 aliphatic rings. The molecule has 0 aliphatic carbocycles. The maximum absolute atomic E-state index is 2.49. The molecule has 2 heterocycles. The van der Waals surface area contributed by atoms with E-state index in [0.29, 0.717) is 0 Å². The summed E-state index contributed by atoms with van der Waals surface area (Å²) in [6.45, 7) is 0.